The number of aryl methyl sites for hydroxylation is 2. The summed E-state index contributed by atoms with van der Waals surface area (Å²) in [7, 11) is 0. The van der Waals surface area contributed by atoms with Crippen LogP contribution in [-0.2, 0) is 11.0 Å². The minimum absolute atomic E-state index is 0.174. The number of nitrogens with zero attached hydrogens (tertiary/aromatic N) is 3. The lowest BCUT2D eigenvalue weighted by atomic mass is 10.1. The summed E-state index contributed by atoms with van der Waals surface area (Å²) in [6.07, 6.45) is -3.08. The summed E-state index contributed by atoms with van der Waals surface area (Å²) in [6, 6.07) is 9.99. The van der Waals surface area contributed by atoms with Gasteiger partial charge in [0, 0.05) is 23.1 Å². The molecule has 0 fully saturated rings. The van der Waals surface area contributed by atoms with E-state index in [1.165, 1.54) is 18.2 Å². The van der Waals surface area contributed by atoms with Crippen molar-refractivity contribution < 1.29 is 22.5 Å². The molecular formula is C21H17F3N4O2. The van der Waals surface area contributed by atoms with Gasteiger partial charge < -0.3 is 14.4 Å². The lowest BCUT2D eigenvalue weighted by Crippen LogP contribution is -2.13. The van der Waals surface area contributed by atoms with Crippen LogP contribution in [0.5, 0.6) is 0 Å². The van der Waals surface area contributed by atoms with E-state index in [0.29, 0.717) is 28.4 Å². The summed E-state index contributed by atoms with van der Waals surface area (Å²) in [5.74, 6) is 0.000167. The Balaban J connectivity index is 1.96. The highest BCUT2D eigenvalue weighted by Gasteiger charge is 2.30. The SMILES string of the molecule is Cc1cc(NC(=O)C(C#N)=Cc2cc(C)n(-c3cccc(C(F)(F)F)c3)c2C)no1. The van der Waals surface area contributed by atoms with Crippen molar-refractivity contribution in [2.75, 3.05) is 5.32 Å². The standard InChI is InChI=1S/C21H17F3N4O2/c1-12-7-15(9-16(11-25)20(29)26-19-8-13(2)30-27-19)14(3)28(12)18-6-4-5-17(10-18)21(22,23)24/h4-10H,1-3H3,(H,26,27,29). The van der Waals surface area contributed by atoms with Crippen molar-refractivity contribution in [1.29, 1.82) is 5.26 Å². The molecule has 3 rings (SSSR count). The molecule has 6 nitrogen and oxygen atoms in total. The molecule has 0 aliphatic rings. The fourth-order valence-corrected chi connectivity index (χ4v) is 3.07. The molecule has 0 aliphatic carbocycles. The van der Waals surface area contributed by atoms with Crippen LogP contribution >= 0.6 is 0 Å². The van der Waals surface area contributed by atoms with E-state index in [1.807, 2.05) is 6.07 Å². The van der Waals surface area contributed by atoms with Crippen LogP contribution in [0.25, 0.3) is 11.8 Å². The number of halogens is 3. The predicted molar refractivity (Wildman–Crippen MR) is 104 cm³/mol. The number of anilines is 1. The first kappa shape index (κ1) is 20.9. The van der Waals surface area contributed by atoms with Gasteiger partial charge in [-0.2, -0.15) is 18.4 Å². The molecule has 0 atom stereocenters. The van der Waals surface area contributed by atoms with Gasteiger partial charge in [-0.3, -0.25) is 4.79 Å². The zero-order valence-electron chi connectivity index (χ0n) is 16.3. The largest absolute Gasteiger partial charge is 0.416 e. The Morgan fingerprint density at radius 2 is 1.97 bits per heavy atom. The molecule has 0 unspecified atom stereocenters. The average molecular weight is 414 g/mol. The van der Waals surface area contributed by atoms with Crippen LogP contribution in [-0.4, -0.2) is 15.6 Å². The molecule has 154 valence electrons. The van der Waals surface area contributed by atoms with Crippen molar-refractivity contribution in [2.45, 2.75) is 26.9 Å². The molecule has 1 amide bonds. The lowest BCUT2D eigenvalue weighted by molar-refractivity contribution is -0.137. The molecule has 1 N–H and O–H groups in total. The highest BCUT2D eigenvalue weighted by Crippen LogP contribution is 2.31. The number of hydrogen-bond donors (Lipinski definition) is 1. The second-order valence-corrected chi connectivity index (χ2v) is 6.66. The van der Waals surface area contributed by atoms with Crippen LogP contribution in [0.15, 0.2) is 46.5 Å². The first-order valence-corrected chi connectivity index (χ1v) is 8.83. The van der Waals surface area contributed by atoms with Gasteiger partial charge in [-0.05, 0) is 56.7 Å². The third kappa shape index (κ3) is 4.27. The number of alkyl halides is 3. The van der Waals surface area contributed by atoms with Crippen molar-refractivity contribution in [2.24, 2.45) is 0 Å². The van der Waals surface area contributed by atoms with Gasteiger partial charge in [0.2, 0.25) is 0 Å². The second-order valence-electron chi connectivity index (χ2n) is 6.66. The van der Waals surface area contributed by atoms with E-state index in [-0.39, 0.29) is 11.4 Å². The number of aromatic nitrogens is 2. The van der Waals surface area contributed by atoms with E-state index in [0.717, 1.165) is 12.1 Å². The topological polar surface area (TPSA) is 83.9 Å². The van der Waals surface area contributed by atoms with E-state index in [1.54, 1.807) is 37.5 Å². The summed E-state index contributed by atoms with van der Waals surface area (Å²) in [4.78, 5) is 12.4. The van der Waals surface area contributed by atoms with E-state index >= 15 is 0 Å². The zero-order chi connectivity index (χ0) is 22.1. The highest BCUT2D eigenvalue weighted by atomic mass is 19.4. The Bertz CT molecular complexity index is 1180. The third-order valence-corrected chi connectivity index (χ3v) is 4.44. The first-order valence-electron chi connectivity index (χ1n) is 8.83. The van der Waals surface area contributed by atoms with Gasteiger partial charge in [0.15, 0.2) is 5.82 Å². The Kier molecular flexibility index (Phi) is 5.52. The maximum atomic E-state index is 13.1. The summed E-state index contributed by atoms with van der Waals surface area (Å²) >= 11 is 0. The molecule has 9 heteroatoms. The molecule has 0 bridgehead atoms. The van der Waals surface area contributed by atoms with Crippen LogP contribution in [0.2, 0.25) is 0 Å². The van der Waals surface area contributed by atoms with Crippen LogP contribution in [0.1, 0.15) is 28.3 Å². The molecule has 0 spiro atoms. The van der Waals surface area contributed by atoms with E-state index in [2.05, 4.69) is 10.5 Å². The van der Waals surface area contributed by atoms with Crippen molar-refractivity contribution in [3.05, 3.63) is 70.2 Å². The minimum Gasteiger partial charge on any atom is -0.360 e. The number of amides is 1. The lowest BCUT2D eigenvalue weighted by Gasteiger charge is -2.13. The van der Waals surface area contributed by atoms with Crippen LogP contribution in [0.4, 0.5) is 19.0 Å². The highest BCUT2D eigenvalue weighted by molar-refractivity contribution is 6.09. The predicted octanol–water partition coefficient (Wildman–Crippen LogP) is 4.96. The molecule has 0 radical (unpaired) electrons. The molecule has 2 heterocycles. The van der Waals surface area contributed by atoms with Crippen LogP contribution in [0.3, 0.4) is 0 Å². The molecule has 30 heavy (non-hydrogen) atoms. The fraction of sp³-hybridized carbons (Fsp3) is 0.190. The van der Waals surface area contributed by atoms with Gasteiger partial charge in [0.25, 0.3) is 5.91 Å². The first-order chi connectivity index (χ1) is 14.1. The number of carbonyl (C=O) groups is 1. The van der Waals surface area contributed by atoms with Gasteiger partial charge in [-0.15, -0.1) is 0 Å². The minimum atomic E-state index is -4.46. The summed E-state index contributed by atoms with van der Waals surface area (Å²) in [5.41, 5.74) is 1.17. The van der Waals surface area contributed by atoms with Gasteiger partial charge >= 0.3 is 6.18 Å². The number of benzene rings is 1. The third-order valence-electron chi connectivity index (χ3n) is 4.44. The fourth-order valence-electron chi connectivity index (χ4n) is 3.07. The maximum absolute atomic E-state index is 13.1. The van der Waals surface area contributed by atoms with Crippen molar-refractivity contribution >= 4 is 17.8 Å². The summed E-state index contributed by atoms with van der Waals surface area (Å²) in [6.45, 7) is 5.09. The van der Waals surface area contributed by atoms with E-state index < -0.39 is 17.6 Å². The molecule has 0 saturated carbocycles. The van der Waals surface area contributed by atoms with Gasteiger partial charge in [0.1, 0.15) is 17.4 Å². The van der Waals surface area contributed by atoms with Gasteiger partial charge in [-0.1, -0.05) is 11.2 Å². The smallest absolute Gasteiger partial charge is 0.360 e. The van der Waals surface area contributed by atoms with Gasteiger partial charge in [0.05, 0.1) is 5.56 Å². The Morgan fingerprint density at radius 1 is 1.23 bits per heavy atom. The number of rotatable bonds is 4. The zero-order valence-corrected chi connectivity index (χ0v) is 16.3. The van der Waals surface area contributed by atoms with Crippen molar-refractivity contribution in [3.8, 4) is 11.8 Å². The quantitative estimate of drug-likeness (QED) is 0.483. The van der Waals surface area contributed by atoms with Gasteiger partial charge in [-0.25, -0.2) is 0 Å². The summed E-state index contributed by atoms with van der Waals surface area (Å²) < 4.78 is 45.7. The number of nitriles is 1. The molecule has 0 saturated heterocycles. The van der Waals surface area contributed by atoms with E-state index in [4.69, 9.17) is 4.52 Å². The van der Waals surface area contributed by atoms with E-state index in [9.17, 15) is 23.2 Å². The monoisotopic (exact) mass is 414 g/mol. The Hall–Kier alpha value is -3.80. The average Bonchev–Trinajstić information content (AvgIpc) is 3.21. The normalized spacial score (nSPS) is 12.0. The summed E-state index contributed by atoms with van der Waals surface area (Å²) in [5, 5.41) is 15.5. The number of carbonyl (C=O) groups excluding carboxylic acids is 1. The molecular weight excluding hydrogens is 397 g/mol. The number of nitrogens with one attached hydrogen (secondary N) is 1. The van der Waals surface area contributed by atoms with Crippen molar-refractivity contribution in [3.63, 3.8) is 0 Å². The second kappa shape index (κ2) is 7.91. The Labute approximate surface area is 170 Å². The van der Waals surface area contributed by atoms with Crippen LogP contribution in [0, 0.1) is 32.1 Å². The molecule has 2 aromatic heterocycles. The molecule has 3 aromatic rings. The number of hydrogen-bond acceptors (Lipinski definition) is 4. The van der Waals surface area contributed by atoms with Crippen molar-refractivity contribution in [1.82, 2.24) is 9.72 Å². The maximum Gasteiger partial charge on any atom is 0.416 e. The molecule has 0 aliphatic heterocycles. The molecule has 1 aromatic carbocycles. The Morgan fingerprint density at radius 3 is 2.57 bits per heavy atom. The van der Waals surface area contributed by atoms with Crippen LogP contribution < -0.4 is 5.32 Å².